The fourth-order valence-corrected chi connectivity index (χ4v) is 3.32. The van der Waals surface area contributed by atoms with Gasteiger partial charge in [-0.3, -0.25) is 14.6 Å². The Kier molecular flexibility index (Phi) is 4.74. The molecular weight excluding hydrogens is 314 g/mol. The van der Waals surface area contributed by atoms with Gasteiger partial charge < -0.3 is 5.32 Å². The highest BCUT2D eigenvalue weighted by atomic mass is 16.2. The molecule has 2 aromatic rings. The number of hydrogen-bond acceptors (Lipinski definition) is 3. The Bertz CT molecular complexity index is 779. The van der Waals surface area contributed by atoms with E-state index in [1.807, 2.05) is 68.2 Å². The van der Waals surface area contributed by atoms with Crippen LogP contribution < -0.4 is 10.3 Å². The summed E-state index contributed by atoms with van der Waals surface area (Å²) in [6.07, 6.45) is 0.421. The Hall–Kier alpha value is -2.82. The van der Waals surface area contributed by atoms with E-state index >= 15 is 0 Å². The van der Waals surface area contributed by atoms with Crippen LogP contribution in [0.5, 0.6) is 0 Å². The zero-order chi connectivity index (χ0) is 18.0. The molecule has 5 nitrogen and oxygen atoms in total. The van der Waals surface area contributed by atoms with Crippen LogP contribution in [0.2, 0.25) is 0 Å². The first kappa shape index (κ1) is 17.0. The van der Waals surface area contributed by atoms with Crippen LogP contribution in [0, 0.1) is 20.8 Å². The molecule has 0 atom stereocenters. The van der Waals surface area contributed by atoms with E-state index in [2.05, 4.69) is 5.32 Å². The van der Waals surface area contributed by atoms with Gasteiger partial charge in [-0.05, 0) is 44.0 Å². The van der Waals surface area contributed by atoms with Gasteiger partial charge in [0.25, 0.3) is 0 Å². The standard InChI is InChI=1S/C20H23N3O2/c1-14-11-15(2)20(16(3)12-14)21-18(24)13-23-19(25)9-10-22(23)17-7-5-4-6-8-17/h4-8,11-12H,9-10,13H2,1-3H3,(H,21,24). The molecule has 1 aliphatic heterocycles. The molecule has 1 heterocycles. The second-order valence-electron chi connectivity index (χ2n) is 6.48. The Morgan fingerprint density at radius 3 is 2.36 bits per heavy atom. The van der Waals surface area contributed by atoms with Gasteiger partial charge in [-0.2, -0.15) is 0 Å². The molecule has 25 heavy (non-hydrogen) atoms. The summed E-state index contributed by atoms with van der Waals surface area (Å²) in [6, 6.07) is 13.8. The van der Waals surface area contributed by atoms with Crippen LogP contribution in [0.25, 0.3) is 0 Å². The maximum atomic E-state index is 12.5. The van der Waals surface area contributed by atoms with Gasteiger partial charge in [-0.25, -0.2) is 5.01 Å². The van der Waals surface area contributed by atoms with Crippen LogP contribution >= 0.6 is 0 Å². The van der Waals surface area contributed by atoms with Crippen LogP contribution in [0.15, 0.2) is 42.5 Å². The highest BCUT2D eigenvalue weighted by Crippen LogP contribution is 2.24. The van der Waals surface area contributed by atoms with Gasteiger partial charge in [-0.1, -0.05) is 35.9 Å². The number of hydrogen-bond donors (Lipinski definition) is 1. The van der Waals surface area contributed by atoms with Crippen molar-refractivity contribution in [1.29, 1.82) is 0 Å². The van der Waals surface area contributed by atoms with E-state index < -0.39 is 0 Å². The van der Waals surface area contributed by atoms with Gasteiger partial charge in [0, 0.05) is 18.7 Å². The van der Waals surface area contributed by atoms with Crippen molar-refractivity contribution in [2.24, 2.45) is 0 Å². The summed E-state index contributed by atoms with van der Waals surface area (Å²) < 4.78 is 0. The van der Waals surface area contributed by atoms with E-state index in [4.69, 9.17) is 0 Å². The molecule has 0 aliphatic carbocycles. The summed E-state index contributed by atoms with van der Waals surface area (Å²) in [5.74, 6) is -0.220. The molecule has 0 unspecified atom stereocenters. The first-order valence-electron chi connectivity index (χ1n) is 8.46. The Morgan fingerprint density at radius 1 is 1.08 bits per heavy atom. The minimum atomic E-state index is -0.189. The van der Waals surface area contributed by atoms with E-state index in [-0.39, 0.29) is 18.4 Å². The number of para-hydroxylation sites is 1. The van der Waals surface area contributed by atoms with Crippen molar-refractivity contribution in [3.05, 3.63) is 59.2 Å². The van der Waals surface area contributed by atoms with E-state index in [9.17, 15) is 9.59 Å². The molecule has 0 radical (unpaired) electrons. The number of nitrogens with zero attached hydrogens (tertiary/aromatic N) is 2. The second kappa shape index (κ2) is 6.97. The van der Waals surface area contributed by atoms with Crippen molar-refractivity contribution < 1.29 is 9.59 Å². The summed E-state index contributed by atoms with van der Waals surface area (Å²) in [7, 11) is 0. The minimum absolute atomic E-state index is 0.0144. The molecule has 0 aromatic heterocycles. The third-order valence-corrected chi connectivity index (χ3v) is 4.41. The molecule has 1 N–H and O–H groups in total. The van der Waals surface area contributed by atoms with Crippen molar-refractivity contribution in [3.63, 3.8) is 0 Å². The number of benzene rings is 2. The highest BCUT2D eigenvalue weighted by Gasteiger charge is 2.30. The molecule has 0 saturated carbocycles. The molecule has 1 fully saturated rings. The lowest BCUT2D eigenvalue weighted by molar-refractivity contribution is -0.131. The molecule has 2 amide bonds. The first-order chi connectivity index (χ1) is 12.0. The number of nitrogens with one attached hydrogen (secondary N) is 1. The fourth-order valence-electron chi connectivity index (χ4n) is 3.32. The van der Waals surface area contributed by atoms with Gasteiger partial charge in [0.2, 0.25) is 11.8 Å². The number of carbonyl (C=O) groups excluding carboxylic acids is 2. The number of hydrazine groups is 1. The zero-order valence-corrected chi connectivity index (χ0v) is 14.9. The summed E-state index contributed by atoms with van der Waals surface area (Å²) in [5.41, 5.74) is 4.97. The smallest absolute Gasteiger partial charge is 0.246 e. The molecule has 0 bridgehead atoms. The van der Waals surface area contributed by atoms with E-state index in [0.717, 1.165) is 28.1 Å². The predicted molar refractivity (Wildman–Crippen MR) is 99.4 cm³/mol. The molecule has 5 heteroatoms. The van der Waals surface area contributed by atoms with Gasteiger partial charge in [0.05, 0.1) is 5.69 Å². The number of amides is 2. The molecule has 1 saturated heterocycles. The first-order valence-corrected chi connectivity index (χ1v) is 8.46. The van der Waals surface area contributed by atoms with Gasteiger partial charge >= 0.3 is 0 Å². The maximum Gasteiger partial charge on any atom is 0.246 e. The van der Waals surface area contributed by atoms with Gasteiger partial charge in [0.1, 0.15) is 6.54 Å². The van der Waals surface area contributed by atoms with Crippen molar-refractivity contribution in [2.45, 2.75) is 27.2 Å². The number of anilines is 2. The minimum Gasteiger partial charge on any atom is -0.324 e. The summed E-state index contributed by atoms with van der Waals surface area (Å²) in [6.45, 7) is 6.60. The summed E-state index contributed by atoms with van der Waals surface area (Å²) in [5, 5.41) is 6.37. The average Bonchev–Trinajstić information content (AvgIpc) is 2.92. The molecule has 130 valence electrons. The Balaban J connectivity index is 1.74. The average molecular weight is 337 g/mol. The lowest BCUT2D eigenvalue weighted by Gasteiger charge is -2.29. The normalized spacial score (nSPS) is 14.1. The summed E-state index contributed by atoms with van der Waals surface area (Å²) in [4.78, 5) is 24.8. The van der Waals surface area contributed by atoms with Crippen molar-refractivity contribution >= 4 is 23.2 Å². The lowest BCUT2D eigenvalue weighted by atomic mass is 10.1. The van der Waals surface area contributed by atoms with Crippen LogP contribution in [-0.2, 0) is 9.59 Å². The monoisotopic (exact) mass is 337 g/mol. The van der Waals surface area contributed by atoms with Crippen LogP contribution in [0.3, 0.4) is 0 Å². The van der Waals surface area contributed by atoms with Crippen LogP contribution in [0.4, 0.5) is 11.4 Å². The molecular formula is C20H23N3O2. The predicted octanol–water partition coefficient (Wildman–Crippen LogP) is 3.20. The SMILES string of the molecule is Cc1cc(C)c(NC(=O)CN2C(=O)CCN2c2ccccc2)c(C)c1. The summed E-state index contributed by atoms with van der Waals surface area (Å²) >= 11 is 0. The largest absolute Gasteiger partial charge is 0.324 e. The van der Waals surface area contributed by atoms with Crippen molar-refractivity contribution in [3.8, 4) is 0 Å². The third kappa shape index (κ3) is 3.65. The quantitative estimate of drug-likeness (QED) is 0.932. The lowest BCUT2D eigenvalue weighted by Crippen LogP contribution is -2.44. The van der Waals surface area contributed by atoms with Gasteiger partial charge in [0.15, 0.2) is 0 Å². The van der Waals surface area contributed by atoms with Crippen molar-refractivity contribution in [1.82, 2.24) is 5.01 Å². The number of carbonyl (C=O) groups is 2. The zero-order valence-electron chi connectivity index (χ0n) is 14.9. The van der Waals surface area contributed by atoms with E-state index in [1.54, 1.807) is 0 Å². The number of aryl methyl sites for hydroxylation is 3. The van der Waals surface area contributed by atoms with Crippen molar-refractivity contribution in [2.75, 3.05) is 23.4 Å². The topological polar surface area (TPSA) is 52.7 Å². The fraction of sp³-hybridized carbons (Fsp3) is 0.300. The second-order valence-corrected chi connectivity index (χ2v) is 6.48. The molecule has 1 aliphatic rings. The molecule has 0 spiro atoms. The number of rotatable bonds is 4. The molecule has 2 aromatic carbocycles. The highest BCUT2D eigenvalue weighted by molar-refractivity contribution is 5.96. The van der Waals surface area contributed by atoms with Gasteiger partial charge in [-0.15, -0.1) is 0 Å². The van der Waals surface area contributed by atoms with E-state index in [0.29, 0.717) is 13.0 Å². The van der Waals surface area contributed by atoms with Crippen LogP contribution in [0.1, 0.15) is 23.1 Å². The maximum absolute atomic E-state index is 12.5. The van der Waals surface area contributed by atoms with E-state index in [1.165, 1.54) is 5.01 Å². The molecule has 3 rings (SSSR count). The third-order valence-electron chi connectivity index (χ3n) is 4.41. The van der Waals surface area contributed by atoms with Crippen LogP contribution in [-0.4, -0.2) is 29.9 Å². The Labute approximate surface area is 148 Å². The Morgan fingerprint density at radius 2 is 1.72 bits per heavy atom.